The first-order valence-electron chi connectivity index (χ1n) is 7.18. The third-order valence-corrected chi connectivity index (χ3v) is 3.23. The number of aliphatic carboxylic acids is 1. The third kappa shape index (κ3) is 6.41. The standard InChI is InChI=1S/C15H13F3N2.C2HF3O2/c1-2-10-4-3-9-20-14(10)13(19)11-5-7-12(8-6-11)15(16,17)18;3-2(4,5)1(6)7/h2-9,13H,1,19H2;(H,6,7)/t13-;/m0./s1. The van der Waals surface area contributed by atoms with Crippen LogP contribution in [0.25, 0.3) is 6.08 Å². The molecule has 3 N–H and O–H groups in total. The van der Waals surface area contributed by atoms with Crippen LogP contribution in [0.5, 0.6) is 0 Å². The van der Waals surface area contributed by atoms with Gasteiger partial charge in [0, 0.05) is 6.20 Å². The summed E-state index contributed by atoms with van der Waals surface area (Å²) in [4.78, 5) is 13.1. The van der Waals surface area contributed by atoms with Gasteiger partial charge in [-0.1, -0.05) is 30.9 Å². The average Bonchev–Trinajstić information content (AvgIpc) is 2.60. The minimum atomic E-state index is -5.08. The summed E-state index contributed by atoms with van der Waals surface area (Å²) in [5, 5.41) is 7.12. The molecule has 0 bridgehead atoms. The molecule has 1 aromatic heterocycles. The second-order valence-electron chi connectivity index (χ2n) is 5.08. The lowest BCUT2D eigenvalue weighted by Crippen LogP contribution is -2.21. The summed E-state index contributed by atoms with van der Waals surface area (Å²) in [7, 11) is 0. The van der Waals surface area contributed by atoms with Crippen LogP contribution in [0, 0.1) is 0 Å². The quantitative estimate of drug-likeness (QED) is 0.758. The maximum absolute atomic E-state index is 12.5. The van der Waals surface area contributed by atoms with Gasteiger partial charge in [-0.2, -0.15) is 26.3 Å². The number of nitrogens with two attached hydrogens (primary N) is 1. The lowest BCUT2D eigenvalue weighted by Gasteiger charge is -2.15. The van der Waals surface area contributed by atoms with Crippen LogP contribution in [0.4, 0.5) is 26.3 Å². The fraction of sp³-hybridized carbons (Fsp3) is 0.176. The molecule has 0 aliphatic rings. The SMILES string of the molecule is C=Cc1cccnc1[C@@H](N)c1ccc(C(F)(F)F)cc1.O=C(O)C(F)(F)F. The number of alkyl halides is 6. The van der Waals surface area contributed by atoms with Gasteiger partial charge in [-0.15, -0.1) is 0 Å². The minimum Gasteiger partial charge on any atom is -0.475 e. The number of carboxylic acid groups (broad SMARTS) is 1. The van der Waals surface area contributed by atoms with Gasteiger partial charge in [0.15, 0.2) is 0 Å². The molecular formula is C17H14F6N2O2. The van der Waals surface area contributed by atoms with Crippen molar-refractivity contribution in [2.45, 2.75) is 18.4 Å². The molecule has 0 unspecified atom stereocenters. The van der Waals surface area contributed by atoms with E-state index in [1.54, 1.807) is 24.4 Å². The van der Waals surface area contributed by atoms with Crippen LogP contribution >= 0.6 is 0 Å². The van der Waals surface area contributed by atoms with Crippen molar-refractivity contribution in [2.24, 2.45) is 5.73 Å². The maximum Gasteiger partial charge on any atom is 0.490 e. The Balaban J connectivity index is 0.000000445. The van der Waals surface area contributed by atoms with E-state index in [0.717, 1.165) is 17.7 Å². The Morgan fingerprint density at radius 3 is 2.04 bits per heavy atom. The first kappa shape index (κ1) is 22.2. The van der Waals surface area contributed by atoms with Crippen LogP contribution in [-0.4, -0.2) is 22.2 Å². The zero-order valence-electron chi connectivity index (χ0n) is 13.6. The van der Waals surface area contributed by atoms with E-state index in [4.69, 9.17) is 15.6 Å². The molecule has 0 spiro atoms. The second kappa shape index (κ2) is 8.67. The van der Waals surface area contributed by atoms with E-state index in [-0.39, 0.29) is 0 Å². The summed E-state index contributed by atoms with van der Waals surface area (Å²) in [6.45, 7) is 3.67. The number of carbonyl (C=O) groups is 1. The van der Waals surface area contributed by atoms with Gasteiger partial charge in [0.25, 0.3) is 0 Å². The highest BCUT2D eigenvalue weighted by molar-refractivity contribution is 5.73. The van der Waals surface area contributed by atoms with Crippen molar-refractivity contribution in [3.8, 4) is 0 Å². The van der Waals surface area contributed by atoms with Gasteiger partial charge in [0.2, 0.25) is 0 Å². The number of pyridine rings is 1. The molecule has 4 nitrogen and oxygen atoms in total. The molecule has 1 aromatic carbocycles. The van der Waals surface area contributed by atoms with E-state index in [2.05, 4.69) is 11.6 Å². The predicted molar refractivity (Wildman–Crippen MR) is 85.5 cm³/mol. The van der Waals surface area contributed by atoms with Crippen molar-refractivity contribution in [1.29, 1.82) is 0 Å². The molecule has 27 heavy (non-hydrogen) atoms. The zero-order valence-corrected chi connectivity index (χ0v) is 13.6. The van der Waals surface area contributed by atoms with Gasteiger partial charge in [-0.05, 0) is 29.3 Å². The monoisotopic (exact) mass is 392 g/mol. The normalized spacial score (nSPS) is 12.6. The molecule has 146 valence electrons. The highest BCUT2D eigenvalue weighted by atomic mass is 19.4. The molecule has 2 rings (SSSR count). The van der Waals surface area contributed by atoms with Crippen LogP contribution in [0.1, 0.15) is 28.4 Å². The summed E-state index contributed by atoms with van der Waals surface area (Å²) in [5.74, 6) is -2.76. The van der Waals surface area contributed by atoms with Crippen molar-refractivity contribution in [3.05, 3.63) is 71.6 Å². The van der Waals surface area contributed by atoms with Crippen molar-refractivity contribution < 1.29 is 36.2 Å². The lowest BCUT2D eigenvalue weighted by atomic mass is 9.99. The molecule has 0 aliphatic carbocycles. The van der Waals surface area contributed by atoms with Crippen LogP contribution in [0.2, 0.25) is 0 Å². The number of hydrogen-bond donors (Lipinski definition) is 2. The number of hydrogen-bond acceptors (Lipinski definition) is 3. The third-order valence-electron chi connectivity index (χ3n) is 3.23. The Bertz CT molecular complexity index is 785. The molecule has 2 aromatic rings. The van der Waals surface area contributed by atoms with Gasteiger partial charge < -0.3 is 10.8 Å². The second-order valence-corrected chi connectivity index (χ2v) is 5.08. The first-order chi connectivity index (χ1) is 12.4. The highest BCUT2D eigenvalue weighted by Gasteiger charge is 2.38. The van der Waals surface area contributed by atoms with E-state index >= 15 is 0 Å². The zero-order chi connectivity index (χ0) is 20.8. The van der Waals surface area contributed by atoms with Crippen molar-refractivity contribution in [3.63, 3.8) is 0 Å². The maximum atomic E-state index is 12.5. The number of rotatable bonds is 3. The fourth-order valence-electron chi connectivity index (χ4n) is 1.90. The van der Waals surface area contributed by atoms with Crippen molar-refractivity contribution in [2.75, 3.05) is 0 Å². The molecular weight excluding hydrogens is 378 g/mol. The molecule has 0 saturated heterocycles. The Kier molecular flexibility index (Phi) is 7.12. The van der Waals surface area contributed by atoms with E-state index < -0.39 is 29.9 Å². The molecule has 0 fully saturated rings. The van der Waals surface area contributed by atoms with Crippen LogP contribution < -0.4 is 5.73 Å². The summed E-state index contributed by atoms with van der Waals surface area (Å²) >= 11 is 0. The number of benzene rings is 1. The van der Waals surface area contributed by atoms with Crippen LogP contribution in [-0.2, 0) is 11.0 Å². The summed E-state index contributed by atoms with van der Waals surface area (Å²) in [6, 6.07) is 7.74. The fourth-order valence-corrected chi connectivity index (χ4v) is 1.90. The van der Waals surface area contributed by atoms with Crippen LogP contribution in [0.3, 0.4) is 0 Å². The van der Waals surface area contributed by atoms with Crippen molar-refractivity contribution >= 4 is 12.0 Å². The van der Waals surface area contributed by atoms with E-state index in [0.29, 0.717) is 11.3 Å². The largest absolute Gasteiger partial charge is 0.490 e. The average molecular weight is 392 g/mol. The number of nitrogens with zero attached hydrogens (tertiary/aromatic N) is 1. The Morgan fingerprint density at radius 1 is 1.11 bits per heavy atom. The summed E-state index contributed by atoms with van der Waals surface area (Å²) < 4.78 is 69.3. The first-order valence-corrected chi connectivity index (χ1v) is 7.18. The smallest absolute Gasteiger partial charge is 0.475 e. The molecule has 10 heteroatoms. The van der Waals surface area contributed by atoms with Gasteiger partial charge in [0.05, 0.1) is 17.3 Å². The Labute approximate surface area is 150 Å². The minimum absolute atomic E-state index is 0.569. The van der Waals surface area contributed by atoms with E-state index in [1.807, 2.05) is 0 Å². The van der Waals surface area contributed by atoms with Gasteiger partial charge in [0.1, 0.15) is 0 Å². The van der Waals surface area contributed by atoms with Gasteiger partial charge in [-0.25, -0.2) is 4.79 Å². The molecule has 1 heterocycles. The van der Waals surface area contributed by atoms with Gasteiger partial charge in [-0.3, -0.25) is 4.98 Å². The van der Waals surface area contributed by atoms with E-state index in [1.165, 1.54) is 12.1 Å². The van der Waals surface area contributed by atoms with Gasteiger partial charge >= 0.3 is 18.3 Å². The number of halogens is 6. The summed E-state index contributed by atoms with van der Waals surface area (Å²) in [5.41, 5.74) is 7.28. The number of carboxylic acids is 1. The Hall–Kier alpha value is -2.88. The predicted octanol–water partition coefficient (Wildman–Crippen LogP) is 4.42. The highest BCUT2D eigenvalue weighted by Crippen LogP contribution is 2.30. The molecule has 0 amide bonds. The Morgan fingerprint density at radius 2 is 1.63 bits per heavy atom. The topological polar surface area (TPSA) is 76.2 Å². The summed E-state index contributed by atoms with van der Waals surface area (Å²) in [6.07, 6.45) is -6.22. The van der Waals surface area contributed by atoms with Crippen LogP contribution in [0.15, 0.2) is 49.2 Å². The van der Waals surface area contributed by atoms with E-state index in [9.17, 15) is 26.3 Å². The number of aromatic nitrogens is 1. The van der Waals surface area contributed by atoms with Crippen molar-refractivity contribution in [1.82, 2.24) is 4.98 Å². The molecule has 0 saturated carbocycles. The lowest BCUT2D eigenvalue weighted by molar-refractivity contribution is -0.192. The molecule has 0 radical (unpaired) electrons. The molecule has 1 atom stereocenters. The molecule has 0 aliphatic heterocycles.